The van der Waals surface area contributed by atoms with E-state index in [-0.39, 0.29) is 5.75 Å². The average molecular weight is 475 g/mol. The molecule has 1 aliphatic heterocycles. The van der Waals surface area contributed by atoms with Crippen LogP contribution < -0.4 is 9.84 Å². The maximum Gasteiger partial charge on any atom is 0.524 e. The minimum absolute atomic E-state index is 0.167. The van der Waals surface area contributed by atoms with Crippen molar-refractivity contribution in [1.82, 2.24) is 5.32 Å². The fourth-order valence-electron chi connectivity index (χ4n) is 2.31. The number of phosphoric ester groups is 2. The Hall–Kier alpha value is -1.41. The van der Waals surface area contributed by atoms with Gasteiger partial charge in [0.25, 0.3) is 0 Å². The molecule has 16 heteroatoms. The third-order valence-electron chi connectivity index (χ3n) is 3.46. The van der Waals surface area contributed by atoms with Gasteiger partial charge in [0.2, 0.25) is 5.91 Å². The summed E-state index contributed by atoms with van der Waals surface area (Å²) in [6.45, 7) is 0.401. The predicted octanol–water partition coefficient (Wildman–Crippen LogP) is -1.80. The van der Waals surface area contributed by atoms with Gasteiger partial charge in [0.05, 0.1) is 6.61 Å². The maximum atomic E-state index is 11.0. The number of aliphatic hydroxyl groups excluding tert-OH is 3. The molecule has 5 atom stereocenters. The van der Waals surface area contributed by atoms with E-state index in [2.05, 4.69) is 14.4 Å². The Kier molecular flexibility index (Phi) is 10.0. The lowest BCUT2D eigenvalue weighted by atomic mass is 9.97. The summed E-state index contributed by atoms with van der Waals surface area (Å²) in [4.78, 5) is 45.1. The normalized spacial score (nSPS) is 26.9. The molecule has 2 rings (SSSR count). The van der Waals surface area contributed by atoms with Crippen molar-refractivity contribution in [3.63, 3.8) is 0 Å². The first-order valence-corrected chi connectivity index (χ1v) is 11.2. The first-order chi connectivity index (χ1) is 13.7. The van der Waals surface area contributed by atoms with Gasteiger partial charge in [0, 0.05) is 6.92 Å². The van der Waals surface area contributed by atoms with E-state index in [9.17, 15) is 24.1 Å². The molecule has 0 bridgehead atoms. The molecule has 0 radical (unpaired) electrons. The highest BCUT2D eigenvalue weighted by Gasteiger charge is 2.47. The number of hydrogen-bond donors (Lipinski definition) is 8. The van der Waals surface area contributed by atoms with Gasteiger partial charge in [-0.15, -0.1) is 0 Å². The smallest absolute Gasteiger partial charge is 0.404 e. The lowest BCUT2D eigenvalue weighted by molar-refractivity contribution is -0.248. The van der Waals surface area contributed by atoms with E-state index in [0.717, 1.165) is 6.92 Å². The van der Waals surface area contributed by atoms with Crippen molar-refractivity contribution < 1.29 is 62.6 Å². The minimum atomic E-state index is -4.95. The number of benzene rings is 1. The Morgan fingerprint density at radius 3 is 2.07 bits per heavy atom. The van der Waals surface area contributed by atoms with Crippen LogP contribution in [-0.2, 0) is 23.2 Å². The average Bonchev–Trinajstić information content (AvgIpc) is 2.60. The van der Waals surface area contributed by atoms with E-state index in [1.807, 2.05) is 0 Å². The molecule has 0 aromatic heterocycles. The topological polar surface area (TPSA) is 233 Å². The van der Waals surface area contributed by atoms with E-state index in [1.54, 1.807) is 18.2 Å². The van der Waals surface area contributed by atoms with Gasteiger partial charge in [-0.1, -0.05) is 18.2 Å². The Bertz CT molecular complexity index is 766. The van der Waals surface area contributed by atoms with Gasteiger partial charge in [0.15, 0.2) is 6.29 Å². The molecule has 1 unspecified atom stereocenters. The summed E-state index contributed by atoms with van der Waals surface area (Å²) in [7, 11) is -9.34. The molecule has 172 valence electrons. The summed E-state index contributed by atoms with van der Waals surface area (Å²) in [5.74, 6) is -0.456. The summed E-state index contributed by atoms with van der Waals surface area (Å²) < 4.78 is 34.5. The van der Waals surface area contributed by atoms with Gasteiger partial charge in [-0.05, 0) is 12.1 Å². The van der Waals surface area contributed by atoms with Crippen LogP contribution in [0.3, 0.4) is 0 Å². The summed E-state index contributed by atoms with van der Waals surface area (Å²) in [6.07, 6.45) is -6.17. The Labute approximate surface area is 170 Å². The Balaban J connectivity index is 0.000000346. The van der Waals surface area contributed by atoms with Gasteiger partial charge in [0.1, 0.15) is 30.1 Å². The third-order valence-corrected chi connectivity index (χ3v) is 4.39. The van der Waals surface area contributed by atoms with Crippen LogP contribution >= 0.6 is 15.6 Å². The van der Waals surface area contributed by atoms with Gasteiger partial charge in [-0.2, -0.15) is 0 Å². The monoisotopic (exact) mass is 475 g/mol. The quantitative estimate of drug-likeness (QED) is 0.212. The molecule has 0 aliphatic carbocycles. The largest absolute Gasteiger partial charge is 0.524 e. The van der Waals surface area contributed by atoms with Crippen LogP contribution in [0.4, 0.5) is 0 Å². The van der Waals surface area contributed by atoms with Gasteiger partial charge >= 0.3 is 15.6 Å². The third kappa shape index (κ3) is 9.60. The fraction of sp³-hybridized carbons (Fsp3) is 0.500. The van der Waals surface area contributed by atoms with E-state index >= 15 is 0 Å². The van der Waals surface area contributed by atoms with Crippen molar-refractivity contribution in [2.45, 2.75) is 37.6 Å². The van der Waals surface area contributed by atoms with Crippen molar-refractivity contribution in [1.29, 1.82) is 0 Å². The maximum absolute atomic E-state index is 11.0. The standard InChI is InChI=1S/C8H16NO9P.C6H7O4P/c1-3(11)9-5-7(13)6(12)4(2-10)17-8(5)18-19(14,15)16;7-11(8,9)10-6-4-2-1-3-5-6/h4-8,10,12-13H,2H2,1H3,(H,9,11)(H2,14,15,16);1-5H,(H2,7,8,9)/t4-,5-,6-,7-,8?;/m1./s1. The molecule has 1 aliphatic rings. The summed E-state index contributed by atoms with van der Waals surface area (Å²) >= 11 is 0. The zero-order valence-electron chi connectivity index (χ0n) is 15.5. The number of amides is 1. The molecule has 30 heavy (non-hydrogen) atoms. The number of ether oxygens (including phenoxy) is 1. The molecule has 1 fully saturated rings. The minimum Gasteiger partial charge on any atom is -0.404 e. The van der Waals surface area contributed by atoms with Crippen molar-refractivity contribution in [3.05, 3.63) is 30.3 Å². The Morgan fingerprint density at radius 2 is 1.63 bits per heavy atom. The number of phosphoric acid groups is 2. The van der Waals surface area contributed by atoms with E-state index in [0.29, 0.717) is 0 Å². The van der Waals surface area contributed by atoms with Crippen molar-refractivity contribution in [3.8, 4) is 5.75 Å². The number of nitrogens with one attached hydrogen (secondary N) is 1. The van der Waals surface area contributed by atoms with E-state index in [1.165, 1.54) is 12.1 Å². The highest BCUT2D eigenvalue weighted by atomic mass is 31.2. The SMILES string of the molecule is CC(=O)N[C@H]1C(OP(=O)(O)O)O[C@H](CO)[C@@H](O)[C@@H]1O.O=P(O)(O)Oc1ccccc1. The number of carbonyl (C=O) groups is 1. The van der Waals surface area contributed by atoms with Gasteiger partial charge in [-0.3, -0.25) is 19.1 Å². The molecular weight excluding hydrogens is 452 g/mol. The van der Waals surface area contributed by atoms with Crippen LogP contribution in [0.15, 0.2) is 30.3 Å². The molecular formula is C14H23NO13P2. The number of aliphatic hydroxyl groups is 3. The highest BCUT2D eigenvalue weighted by molar-refractivity contribution is 7.46. The molecule has 1 saturated heterocycles. The number of hydrogen-bond acceptors (Lipinski definition) is 9. The Morgan fingerprint density at radius 1 is 1.07 bits per heavy atom. The van der Waals surface area contributed by atoms with Crippen LogP contribution in [0.5, 0.6) is 5.75 Å². The second-order valence-corrected chi connectivity index (χ2v) is 8.28. The first-order valence-electron chi connectivity index (χ1n) is 8.17. The van der Waals surface area contributed by atoms with Crippen molar-refractivity contribution >= 4 is 21.6 Å². The summed E-state index contributed by atoms with van der Waals surface area (Å²) in [5.41, 5.74) is 0. The molecule has 1 aromatic carbocycles. The number of rotatable bonds is 6. The molecule has 8 N–H and O–H groups in total. The van der Waals surface area contributed by atoms with Crippen LogP contribution in [0.25, 0.3) is 0 Å². The molecule has 0 saturated carbocycles. The van der Waals surface area contributed by atoms with Crippen molar-refractivity contribution in [2.24, 2.45) is 0 Å². The molecule has 1 amide bonds. The van der Waals surface area contributed by atoms with Crippen molar-refractivity contribution in [2.75, 3.05) is 6.61 Å². The molecule has 14 nitrogen and oxygen atoms in total. The van der Waals surface area contributed by atoms with Crippen LogP contribution in [0.1, 0.15) is 6.92 Å². The predicted molar refractivity (Wildman–Crippen MR) is 97.6 cm³/mol. The first kappa shape index (κ1) is 26.6. The molecule has 0 spiro atoms. The summed E-state index contributed by atoms with van der Waals surface area (Å²) in [6, 6.07) is 6.55. The second kappa shape index (κ2) is 11.3. The lowest BCUT2D eigenvalue weighted by Gasteiger charge is -2.41. The van der Waals surface area contributed by atoms with Crippen LogP contribution in [0, 0.1) is 0 Å². The lowest BCUT2D eigenvalue weighted by Crippen LogP contribution is -2.64. The van der Waals surface area contributed by atoms with Crippen LogP contribution in [-0.4, -0.2) is 78.1 Å². The van der Waals surface area contributed by atoms with Crippen LogP contribution in [0.2, 0.25) is 0 Å². The molecule has 1 aromatic rings. The van der Waals surface area contributed by atoms with Gasteiger partial charge < -0.3 is 39.7 Å². The summed E-state index contributed by atoms with van der Waals surface area (Å²) in [5, 5.41) is 30.5. The zero-order chi connectivity index (χ0) is 23.1. The zero-order valence-corrected chi connectivity index (χ0v) is 17.2. The van der Waals surface area contributed by atoms with Gasteiger partial charge in [-0.25, -0.2) is 9.13 Å². The highest BCUT2D eigenvalue weighted by Crippen LogP contribution is 2.40. The van der Waals surface area contributed by atoms with E-state index in [4.69, 9.17) is 29.4 Å². The second-order valence-electron chi connectivity index (χ2n) is 5.92. The molecule has 1 heterocycles. The number of carbonyl (C=O) groups excluding carboxylic acids is 1. The number of para-hydroxylation sites is 1. The fourth-order valence-corrected chi connectivity index (χ4v) is 3.16. The van der Waals surface area contributed by atoms with E-state index < -0.39 is 58.8 Å².